The van der Waals surface area contributed by atoms with Crippen molar-refractivity contribution in [3.63, 3.8) is 0 Å². The minimum absolute atomic E-state index is 0.00165. The van der Waals surface area contributed by atoms with Gasteiger partial charge in [0, 0.05) is 0 Å². The second kappa shape index (κ2) is 8.09. The van der Waals surface area contributed by atoms with E-state index in [1.54, 1.807) is 32.0 Å². The van der Waals surface area contributed by atoms with Gasteiger partial charge in [-0.15, -0.1) is 11.3 Å². The van der Waals surface area contributed by atoms with Gasteiger partial charge in [-0.05, 0) is 59.6 Å². The van der Waals surface area contributed by atoms with Crippen LogP contribution < -0.4 is 10.6 Å². The van der Waals surface area contributed by atoms with Gasteiger partial charge < -0.3 is 10.6 Å². The molecule has 0 aliphatic carbocycles. The maximum Gasteiger partial charge on any atom is 0.262 e. The number of carbonyl (C=O) groups excluding carboxylic acids is 2. The highest BCUT2D eigenvalue weighted by Gasteiger charge is 2.20. The summed E-state index contributed by atoms with van der Waals surface area (Å²) >= 11 is 10.3. The number of nitrogens with one attached hydrogen (secondary N) is 2. The molecule has 4 nitrogen and oxygen atoms in total. The van der Waals surface area contributed by atoms with Crippen LogP contribution in [0.2, 0.25) is 5.02 Å². The molecule has 1 heterocycles. The Hall–Kier alpha value is -1.44. The summed E-state index contributed by atoms with van der Waals surface area (Å²) < 4.78 is 14.0. The van der Waals surface area contributed by atoms with Gasteiger partial charge in [-0.25, -0.2) is 4.39 Å². The fourth-order valence-corrected chi connectivity index (χ4v) is 3.45. The monoisotopic (exact) mass is 432 g/mol. The molecule has 24 heavy (non-hydrogen) atoms. The topological polar surface area (TPSA) is 58.2 Å². The molecule has 0 bridgehead atoms. The Morgan fingerprint density at radius 2 is 1.92 bits per heavy atom. The highest BCUT2D eigenvalue weighted by molar-refractivity contribution is 9.11. The summed E-state index contributed by atoms with van der Waals surface area (Å²) in [6, 6.07) is 6.64. The standard InChI is InChI=1S/C16H15BrClFN2O2S/c1-8(10-3-4-12(19)11(18)7-10)20-15(22)9(2)21-16(23)13-5-6-14(17)24-13/h3-9H,1-2H3,(H,20,22)(H,21,23). The SMILES string of the molecule is CC(NC(=O)c1ccc(Br)s1)C(=O)NC(C)c1ccc(F)c(Cl)c1. The lowest BCUT2D eigenvalue weighted by atomic mass is 10.1. The molecule has 2 aromatic rings. The highest BCUT2D eigenvalue weighted by atomic mass is 79.9. The number of benzene rings is 1. The van der Waals surface area contributed by atoms with Crippen LogP contribution in [0.4, 0.5) is 4.39 Å². The van der Waals surface area contributed by atoms with Crippen LogP contribution >= 0.6 is 38.9 Å². The third kappa shape index (κ3) is 4.78. The van der Waals surface area contributed by atoms with Crippen LogP contribution in [-0.2, 0) is 4.79 Å². The van der Waals surface area contributed by atoms with Crippen molar-refractivity contribution < 1.29 is 14.0 Å². The molecule has 2 rings (SSSR count). The number of thiophene rings is 1. The van der Waals surface area contributed by atoms with E-state index in [1.807, 2.05) is 0 Å². The first kappa shape index (κ1) is 18.9. The Morgan fingerprint density at radius 1 is 1.21 bits per heavy atom. The van der Waals surface area contributed by atoms with Gasteiger partial charge in [-0.2, -0.15) is 0 Å². The summed E-state index contributed by atoms with van der Waals surface area (Å²) in [5.41, 5.74) is 0.676. The molecule has 0 aliphatic rings. The molecule has 0 saturated carbocycles. The van der Waals surface area contributed by atoms with Gasteiger partial charge in [-0.3, -0.25) is 9.59 Å². The zero-order chi connectivity index (χ0) is 17.9. The lowest BCUT2D eigenvalue weighted by Crippen LogP contribution is -2.45. The van der Waals surface area contributed by atoms with E-state index in [-0.39, 0.29) is 22.9 Å². The van der Waals surface area contributed by atoms with Gasteiger partial charge in [-0.1, -0.05) is 17.7 Å². The van der Waals surface area contributed by atoms with E-state index in [9.17, 15) is 14.0 Å². The summed E-state index contributed by atoms with van der Waals surface area (Å²) in [4.78, 5) is 24.8. The van der Waals surface area contributed by atoms with Crippen LogP contribution in [0.15, 0.2) is 34.1 Å². The normalized spacial score (nSPS) is 13.2. The van der Waals surface area contributed by atoms with Crippen LogP contribution in [0.1, 0.15) is 35.1 Å². The van der Waals surface area contributed by atoms with Crippen molar-refractivity contribution in [3.05, 3.63) is 55.4 Å². The van der Waals surface area contributed by atoms with E-state index in [0.29, 0.717) is 10.4 Å². The molecule has 1 aromatic carbocycles. The number of hydrogen-bond donors (Lipinski definition) is 2. The Labute approximate surface area is 156 Å². The molecule has 8 heteroatoms. The van der Waals surface area contributed by atoms with Gasteiger partial charge >= 0.3 is 0 Å². The molecule has 2 unspecified atom stereocenters. The number of carbonyl (C=O) groups is 2. The van der Waals surface area contributed by atoms with Gasteiger partial charge in [0.1, 0.15) is 11.9 Å². The van der Waals surface area contributed by atoms with Gasteiger partial charge in [0.25, 0.3) is 5.91 Å². The Kier molecular flexibility index (Phi) is 6.37. The minimum Gasteiger partial charge on any atom is -0.348 e. The molecule has 0 spiro atoms. The summed E-state index contributed by atoms with van der Waals surface area (Å²) in [6.07, 6.45) is 0. The molecular formula is C16H15BrClFN2O2S. The largest absolute Gasteiger partial charge is 0.348 e. The van der Waals surface area contributed by atoms with E-state index in [2.05, 4.69) is 26.6 Å². The van der Waals surface area contributed by atoms with Gasteiger partial charge in [0.05, 0.1) is 19.7 Å². The van der Waals surface area contributed by atoms with Crippen LogP contribution in [0.5, 0.6) is 0 Å². The van der Waals surface area contributed by atoms with Crippen molar-refractivity contribution >= 4 is 50.7 Å². The third-order valence-electron chi connectivity index (χ3n) is 3.34. The fourth-order valence-electron chi connectivity index (χ4n) is 1.97. The zero-order valence-electron chi connectivity index (χ0n) is 12.9. The second-order valence-corrected chi connectivity index (χ2v) is 8.07. The molecule has 0 aliphatic heterocycles. The summed E-state index contributed by atoms with van der Waals surface area (Å²) in [6.45, 7) is 3.35. The van der Waals surface area contributed by atoms with Crippen molar-refractivity contribution in [1.82, 2.24) is 10.6 Å². The molecule has 0 radical (unpaired) electrons. The lowest BCUT2D eigenvalue weighted by molar-refractivity contribution is -0.123. The van der Waals surface area contributed by atoms with Crippen molar-refractivity contribution in [1.29, 1.82) is 0 Å². The van der Waals surface area contributed by atoms with Crippen molar-refractivity contribution in [2.45, 2.75) is 25.9 Å². The van der Waals surface area contributed by atoms with Crippen LogP contribution in [0.3, 0.4) is 0 Å². The first-order chi connectivity index (χ1) is 11.3. The van der Waals surface area contributed by atoms with Crippen LogP contribution in [0.25, 0.3) is 0 Å². The molecule has 2 N–H and O–H groups in total. The van der Waals surface area contributed by atoms with E-state index < -0.39 is 11.9 Å². The smallest absolute Gasteiger partial charge is 0.262 e. The summed E-state index contributed by atoms with van der Waals surface area (Å²) in [7, 11) is 0. The van der Waals surface area contributed by atoms with E-state index in [1.165, 1.54) is 23.5 Å². The summed E-state index contributed by atoms with van der Waals surface area (Å²) in [5, 5.41) is 5.40. The molecule has 128 valence electrons. The molecule has 0 fully saturated rings. The number of halogens is 3. The van der Waals surface area contributed by atoms with Crippen LogP contribution in [-0.4, -0.2) is 17.9 Å². The molecule has 0 saturated heterocycles. The Bertz CT molecular complexity index is 768. The number of amides is 2. The van der Waals surface area contributed by atoms with E-state index in [0.717, 1.165) is 3.79 Å². The molecule has 1 aromatic heterocycles. The average molecular weight is 434 g/mol. The summed E-state index contributed by atoms with van der Waals surface area (Å²) in [5.74, 6) is -1.17. The van der Waals surface area contributed by atoms with Crippen molar-refractivity contribution in [2.24, 2.45) is 0 Å². The third-order valence-corrected chi connectivity index (χ3v) is 5.25. The molecule has 2 atom stereocenters. The first-order valence-electron chi connectivity index (χ1n) is 7.09. The lowest BCUT2D eigenvalue weighted by Gasteiger charge is -2.19. The maximum absolute atomic E-state index is 13.2. The Morgan fingerprint density at radius 3 is 2.50 bits per heavy atom. The second-order valence-electron chi connectivity index (χ2n) is 5.20. The van der Waals surface area contributed by atoms with Crippen molar-refractivity contribution in [3.8, 4) is 0 Å². The molecular weight excluding hydrogens is 419 g/mol. The number of hydrogen-bond acceptors (Lipinski definition) is 3. The predicted molar refractivity (Wildman–Crippen MR) is 96.9 cm³/mol. The Balaban J connectivity index is 1.95. The first-order valence-corrected chi connectivity index (χ1v) is 9.08. The minimum atomic E-state index is -0.711. The zero-order valence-corrected chi connectivity index (χ0v) is 16.1. The highest BCUT2D eigenvalue weighted by Crippen LogP contribution is 2.22. The average Bonchev–Trinajstić information content (AvgIpc) is 2.96. The molecule has 2 amide bonds. The maximum atomic E-state index is 13.2. The quantitative estimate of drug-likeness (QED) is 0.739. The number of rotatable bonds is 5. The predicted octanol–water partition coefficient (Wildman–Crippen LogP) is 4.30. The van der Waals surface area contributed by atoms with Crippen LogP contribution in [0, 0.1) is 5.82 Å². The van der Waals surface area contributed by atoms with Crippen molar-refractivity contribution in [2.75, 3.05) is 0 Å². The van der Waals surface area contributed by atoms with Gasteiger partial charge in [0.15, 0.2) is 0 Å². The van der Waals surface area contributed by atoms with E-state index in [4.69, 9.17) is 11.6 Å². The fraction of sp³-hybridized carbons (Fsp3) is 0.250. The van der Waals surface area contributed by atoms with E-state index >= 15 is 0 Å². The van der Waals surface area contributed by atoms with Gasteiger partial charge in [0.2, 0.25) is 5.91 Å².